The van der Waals surface area contributed by atoms with Crippen molar-refractivity contribution in [1.29, 1.82) is 0 Å². The van der Waals surface area contributed by atoms with Crippen LogP contribution in [0.2, 0.25) is 0 Å². The van der Waals surface area contributed by atoms with Gasteiger partial charge in [0, 0.05) is 23.4 Å². The molecule has 0 heterocycles. The first-order chi connectivity index (χ1) is 12.4. The molecule has 3 aromatic rings. The van der Waals surface area contributed by atoms with Crippen LogP contribution in [0.3, 0.4) is 0 Å². The lowest BCUT2D eigenvalue weighted by Gasteiger charge is -2.15. The lowest BCUT2D eigenvalue weighted by molar-refractivity contribution is -0.137. The highest BCUT2D eigenvalue weighted by molar-refractivity contribution is 6.12. The second kappa shape index (κ2) is 7.44. The molecule has 0 radical (unpaired) electrons. The van der Waals surface area contributed by atoms with Crippen LogP contribution >= 0.6 is 0 Å². The lowest BCUT2D eigenvalue weighted by atomic mass is 9.99. The van der Waals surface area contributed by atoms with Crippen LogP contribution in [0.25, 0.3) is 0 Å². The van der Waals surface area contributed by atoms with Crippen molar-refractivity contribution in [2.24, 2.45) is 0 Å². The Hall–Kier alpha value is -3.08. The molecule has 3 rings (SSSR count). The van der Waals surface area contributed by atoms with E-state index >= 15 is 0 Å². The van der Waals surface area contributed by atoms with Crippen LogP contribution in [-0.4, -0.2) is 5.78 Å². The van der Waals surface area contributed by atoms with Crippen molar-refractivity contribution >= 4 is 11.5 Å². The summed E-state index contributed by atoms with van der Waals surface area (Å²) >= 11 is 0. The Kier molecular flexibility index (Phi) is 5.07. The second-order valence-electron chi connectivity index (χ2n) is 5.79. The number of hydrogen-bond donors (Lipinski definition) is 1. The summed E-state index contributed by atoms with van der Waals surface area (Å²) in [5, 5.41) is 3.07. The van der Waals surface area contributed by atoms with Crippen molar-refractivity contribution < 1.29 is 18.0 Å². The Bertz CT molecular complexity index is 890. The van der Waals surface area contributed by atoms with Gasteiger partial charge in [0.05, 0.1) is 5.56 Å². The van der Waals surface area contributed by atoms with Gasteiger partial charge >= 0.3 is 6.18 Å². The number of nitrogens with one attached hydrogen (secondary N) is 1. The van der Waals surface area contributed by atoms with Crippen LogP contribution in [0.1, 0.15) is 27.0 Å². The number of ketones is 1. The van der Waals surface area contributed by atoms with Crippen LogP contribution in [-0.2, 0) is 12.7 Å². The fourth-order valence-corrected chi connectivity index (χ4v) is 2.60. The minimum absolute atomic E-state index is 0.00181. The number of halogens is 3. The fraction of sp³-hybridized carbons (Fsp3) is 0.0952. The van der Waals surface area contributed by atoms with E-state index in [-0.39, 0.29) is 5.56 Å². The molecule has 1 N–H and O–H groups in total. The fourth-order valence-electron chi connectivity index (χ4n) is 2.60. The van der Waals surface area contributed by atoms with Gasteiger partial charge in [0.15, 0.2) is 5.78 Å². The normalized spacial score (nSPS) is 11.2. The molecule has 0 amide bonds. The number of benzene rings is 3. The van der Waals surface area contributed by atoms with Crippen LogP contribution in [0, 0.1) is 0 Å². The van der Waals surface area contributed by atoms with E-state index in [4.69, 9.17) is 0 Å². The summed E-state index contributed by atoms with van der Waals surface area (Å²) in [5.41, 5.74) is 0.833. The van der Waals surface area contributed by atoms with Crippen molar-refractivity contribution in [2.75, 3.05) is 5.32 Å². The van der Waals surface area contributed by atoms with Gasteiger partial charge in [-0.15, -0.1) is 0 Å². The summed E-state index contributed by atoms with van der Waals surface area (Å²) in [6.45, 7) is 0.404. The maximum Gasteiger partial charge on any atom is 0.416 e. The highest BCUT2D eigenvalue weighted by Crippen LogP contribution is 2.32. The third-order valence-corrected chi connectivity index (χ3v) is 3.95. The molecule has 0 saturated carbocycles. The third kappa shape index (κ3) is 4.11. The molecule has 0 aliphatic carbocycles. The summed E-state index contributed by atoms with van der Waals surface area (Å²) in [7, 11) is 0. The Morgan fingerprint density at radius 3 is 2.08 bits per heavy atom. The van der Waals surface area contributed by atoms with Crippen molar-refractivity contribution in [1.82, 2.24) is 0 Å². The number of carbonyl (C=O) groups is 1. The number of rotatable bonds is 5. The van der Waals surface area contributed by atoms with Gasteiger partial charge < -0.3 is 5.32 Å². The van der Waals surface area contributed by atoms with E-state index in [1.807, 2.05) is 30.3 Å². The zero-order chi connectivity index (χ0) is 18.6. The lowest BCUT2D eigenvalue weighted by Crippen LogP contribution is -2.12. The van der Waals surface area contributed by atoms with E-state index < -0.39 is 17.5 Å². The Balaban J connectivity index is 1.96. The van der Waals surface area contributed by atoms with E-state index in [0.29, 0.717) is 17.8 Å². The van der Waals surface area contributed by atoms with E-state index in [9.17, 15) is 18.0 Å². The second-order valence-corrected chi connectivity index (χ2v) is 5.79. The highest BCUT2D eigenvalue weighted by Gasteiger charge is 2.32. The van der Waals surface area contributed by atoms with Gasteiger partial charge in [-0.2, -0.15) is 13.2 Å². The molecule has 3 aromatic carbocycles. The van der Waals surface area contributed by atoms with Crippen LogP contribution in [0.4, 0.5) is 18.9 Å². The Morgan fingerprint density at radius 1 is 0.846 bits per heavy atom. The van der Waals surface area contributed by atoms with E-state index in [2.05, 4.69) is 5.32 Å². The first kappa shape index (κ1) is 17.7. The predicted molar refractivity (Wildman–Crippen MR) is 95.1 cm³/mol. The van der Waals surface area contributed by atoms with Crippen LogP contribution < -0.4 is 5.32 Å². The minimum Gasteiger partial charge on any atom is -0.380 e. The molecule has 0 spiro atoms. The molecule has 0 fully saturated rings. The maximum absolute atomic E-state index is 13.1. The predicted octanol–water partition coefficient (Wildman–Crippen LogP) is 5.55. The van der Waals surface area contributed by atoms with Gasteiger partial charge in [-0.3, -0.25) is 4.79 Å². The maximum atomic E-state index is 13.1. The van der Waals surface area contributed by atoms with Gasteiger partial charge in [-0.25, -0.2) is 0 Å². The molecule has 0 atom stereocenters. The van der Waals surface area contributed by atoms with E-state index in [0.717, 1.165) is 17.7 Å². The molecule has 0 saturated heterocycles. The Morgan fingerprint density at radius 2 is 1.46 bits per heavy atom. The molecule has 26 heavy (non-hydrogen) atoms. The molecule has 5 heteroatoms. The first-order valence-corrected chi connectivity index (χ1v) is 8.04. The van der Waals surface area contributed by atoms with Crippen molar-refractivity contribution in [3.05, 3.63) is 101 Å². The van der Waals surface area contributed by atoms with Gasteiger partial charge in [0.1, 0.15) is 0 Å². The molecular formula is C21H16F3NO. The molecular weight excluding hydrogens is 339 g/mol. The monoisotopic (exact) mass is 355 g/mol. The van der Waals surface area contributed by atoms with Crippen LogP contribution in [0.15, 0.2) is 78.9 Å². The smallest absolute Gasteiger partial charge is 0.380 e. The molecule has 132 valence electrons. The molecule has 0 aliphatic rings. The molecule has 0 aromatic heterocycles. The summed E-state index contributed by atoms with van der Waals surface area (Å²) in [6.07, 6.45) is -4.51. The van der Waals surface area contributed by atoms with E-state index in [1.165, 1.54) is 6.07 Å². The number of alkyl halides is 3. The minimum atomic E-state index is -4.51. The molecule has 2 nitrogen and oxygen atoms in total. The largest absolute Gasteiger partial charge is 0.416 e. The SMILES string of the molecule is O=C(c1ccccc1)c1cc(C(F)(F)F)ccc1NCc1ccccc1. The summed E-state index contributed by atoms with van der Waals surface area (Å²) in [4.78, 5) is 12.8. The third-order valence-electron chi connectivity index (χ3n) is 3.95. The molecule has 0 aliphatic heterocycles. The van der Waals surface area contributed by atoms with Gasteiger partial charge in [-0.1, -0.05) is 60.7 Å². The summed E-state index contributed by atoms with van der Waals surface area (Å²) in [5.74, 6) is -0.452. The molecule has 0 unspecified atom stereocenters. The van der Waals surface area contributed by atoms with Crippen molar-refractivity contribution in [3.63, 3.8) is 0 Å². The summed E-state index contributed by atoms with van der Waals surface area (Å²) in [6, 6.07) is 20.9. The average molecular weight is 355 g/mol. The Labute approximate surface area is 149 Å². The highest BCUT2D eigenvalue weighted by atomic mass is 19.4. The van der Waals surface area contributed by atoms with Crippen molar-refractivity contribution in [3.8, 4) is 0 Å². The van der Waals surface area contributed by atoms with Crippen molar-refractivity contribution in [2.45, 2.75) is 12.7 Å². The average Bonchev–Trinajstić information content (AvgIpc) is 2.66. The van der Waals surface area contributed by atoms with Gasteiger partial charge in [0.2, 0.25) is 0 Å². The molecule has 0 bridgehead atoms. The number of anilines is 1. The zero-order valence-electron chi connectivity index (χ0n) is 13.8. The van der Waals surface area contributed by atoms with E-state index in [1.54, 1.807) is 30.3 Å². The summed E-state index contributed by atoms with van der Waals surface area (Å²) < 4.78 is 39.3. The number of hydrogen-bond acceptors (Lipinski definition) is 2. The van der Waals surface area contributed by atoms with Gasteiger partial charge in [-0.05, 0) is 23.8 Å². The number of carbonyl (C=O) groups excluding carboxylic acids is 1. The first-order valence-electron chi connectivity index (χ1n) is 8.04. The van der Waals surface area contributed by atoms with Crippen LogP contribution in [0.5, 0.6) is 0 Å². The van der Waals surface area contributed by atoms with Gasteiger partial charge in [0.25, 0.3) is 0 Å². The topological polar surface area (TPSA) is 29.1 Å². The zero-order valence-corrected chi connectivity index (χ0v) is 13.8. The standard InChI is InChI=1S/C21H16F3NO/c22-21(23,24)17-11-12-19(25-14-15-7-3-1-4-8-15)18(13-17)20(26)16-9-5-2-6-10-16/h1-13,25H,14H2. The quantitative estimate of drug-likeness (QED) is 0.608.